The van der Waals surface area contributed by atoms with Gasteiger partial charge in [0, 0.05) is 25.0 Å². The van der Waals surface area contributed by atoms with Crippen LogP contribution >= 0.6 is 0 Å². The van der Waals surface area contributed by atoms with E-state index in [1.807, 2.05) is 66.7 Å². The summed E-state index contributed by atoms with van der Waals surface area (Å²) in [7, 11) is 0. The third-order valence-corrected chi connectivity index (χ3v) is 6.00. The number of nitrogens with one attached hydrogen (secondary N) is 2. The van der Waals surface area contributed by atoms with Crippen LogP contribution in [0.4, 0.5) is 11.6 Å². The van der Waals surface area contributed by atoms with Gasteiger partial charge in [-0.05, 0) is 53.4 Å². The number of rotatable bonds is 3. The van der Waals surface area contributed by atoms with E-state index in [0.717, 1.165) is 27.8 Å². The van der Waals surface area contributed by atoms with Crippen molar-refractivity contribution in [3.63, 3.8) is 0 Å². The Morgan fingerprint density at radius 2 is 1.29 bits per heavy atom. The molecule has 5 bridgehead atoms. The molecule has 8 nitrogen and oxygen atoms in total. The molecule has 0 aliphatic carbocycles. The Labute approximate surface area is 220 Å². The molecule has 0 radical (unpaired) electrons. The Morgan fingerprint density at radius 3 is 1.87 bits per heavy atom. The summed E-state index contributed by atoms with van der Waals surface area (Å²) < 4.78 is 17.7. The van der Waals surface area contributed by atoms with Gasteiger partial charge >= 0.3 is 0 Å². The molecule has 1 aliphatic rings. The first-order valence-corrected chi connectivity index (χ1v) is 12.7. The zero-order chi connectivity index (χ0) is 26.2. The Balaban J connectivity index is 1.32. The van der Waals surface area contributed by atoms with Gasteiger partial charge in [0.25, 0.3) is 0 Å². The highest BCUT2D eigenvalue weighted by atomic mass is 16.5. The summed E-state index contributed by atoms with van der Waals surface area (Å²) in [6.45, 7) is 1.13. The predicted octanol–water partition coefficient (Wildman–Crippen LogP) is 5.72. The number of nitrogens with zero attached hydrogens (tertiary/aromatic N) is 1. The van der Waals surface area contributed by atoms with Gasteiger partial charge in [-0.2, -0.15) is 0 Å². The van der Waals surface area contributed by atoms with Crippen molar-refractivity contribution in [1.82, 2.24) is 4.98 Å². The minimum absolute atomic E-state index is 0.201. The second kappa shape index (κ2) is 12.1. The summed E-state index contributed by atoms with van der Waals surface area (Å²) in [6, 6.07) is 24.8. The van der Waals surface area contributed by atoms with Crippen LogP contribution in [0.15, 0.2) is 78.9 Å². The van der Waals surface area contributed by atoms with Crippen molar-refractivity contribution in [2.24, 2.45) is 0 Å². The van der Waals surface area contributed by atoms with Crippen molar-refractivity contribution >= 4 is 34.2 Å². The summed E-state index contributed by atoms with van der Waals surface area (Å²) in [4.78, 5) is 29.6. The van der Waals surface area contributed by atoms with Crippen LogP contribution in [-0.2, 0) is 16.2 Å². The van der Waals surface area contributed by atoms with Crippen LogP contribution in [0.25, 0.3) is 10.8 Å². The molecule has 194 valence electrons. The van der Waals surface area contributed by atoms with Gasteiger partial charge in [-0.15, -0.1) is 0 Å². The number of ether oxygens (including phenoxy) is 3. The van der Waals surface area contributed by atoms with E-state index in [2.05, 4.69) is 15.6 Å². The maximum Gasteiger partial charge on any atom is 0.225 e. The maximum atomic E-state index is 12.6. The quantitative estimate of drug-likeness (QED) is 0.365. The molecule has 2 amide bonds. The molecule has 0 atom stereocenters. The van der Waals surface area contributed by atoms with Crippen molar-refractivity contribution in [1.29, 1.82) is 0 Å². The summed E-state index contributed by atoms with van der Waals surface area (Å²) in [5.41, 5.74) is 0.998. The van der Waals surface area contributed by atoms with E-state index in [-0.39, 0.29) is 24.7 Å². The van der Waals surface area contributed by atoms with E-state index < -0.39 is 0 Å². The predicted molar refractivity (Wildman–Crippen MR) is 146 cm³/mol. The molecular formula is C30H29N3O5. The van der Waals surface area contributed by atoms with E-state index >= 15 is 0 Å². The van der Waals surface area contributed by atoms with Crippen molar-refractivity contribution in [3.8, 4) is 17.2 Å². The van der Waals surface area contributed by atoms with Crippen LogP contribution in [0.2, 0.25) is 0 Å². The molecule has 0 saturated carbocycles. The van der Waals surface area contributed by atoms with E-state index in [4.69, 9.17) is 14.2 Å². The first-order chi connectivity index (χ1) is 18.6. The second-order valence-corrected chi connectivity index (χ2v) is 9.02. The number of aromatic nitrogens is 1. The standard InChI is InChI=1S/C30H29N3O5/c34-29-8-4-14-36-24-12-10-22-11-13-25(17-23(22)16-24)37-15-5-9-30(35)33-28-19-26(18-27(31-28)32-29)38-20-21-6-2-1-3-7-21/h1-3,6-7,10-13,16-19H,4-5,8-9,14-15,20H2,(H2,31,32,33,34,35). The van der Waals surface area contributed by atoms with E-state index in [9.17, 15) is 9.59 Å². The topological polar surface area (TPSA) is 98.8 Å². The number of amides is 2. The zero-order valence-corrected chi connectivity index (χ0v) is 20.9. The van der Waals surface area contributed by atoms with E-state index in [1.54, 1.807) is 12.1 Å². The highest BCUT2D eigenvalue weighted by molar-refractivity contribution is 5.92. The van der Waals surface area contributed by atoms with Gasteiger partial charge in [0.15, 0.2) is 0 Å². The number of hydrogen-bond acceptors (Lipinski definition) is 6. The van der Waals surface area contributed by atoms with E-state index in [1.165, 1.54) is 0 Å². The summed E-state index contributed by atoms with van der Waals surface area (Å²) in [6.07, 6.45) is 1.57. The number of carbonyl (C=O) groups excluding carboxylic acids is 2. The monoisotopic (exact) mass is 511 g/mol. The van der Waals surface area contributed by atoms with Crippen LogP contribution < -0.4 is 24.8 Å². The van der Waals surface area contributed by atoms with Gasteiger partial charge in [-0.3, -0.25) is 9.59 Å². The Hall–Kier alpha value is -4.59. The highest BCUT2D eigenvalue weighted by Gasteiger charge is 2.12. The maximum absolute atomic E-state index is 12.6. The van der Waals surface area contributed by atoms with Gasteiger partial charge in [0.2, 0.25) is 11.8 Å². The molecule has 2 heterocycles. The minimum atomic E-state index is -0.201. The first-order valence-electron chi connectivity index (χ1n) is 12.7. The molecule has 38 heavy (non-hydrogen) atoms. The van der Waals surface area contributed by atoms with Crippen molar-refractivity contribution in [2.45, 2.75) is 32.3 Å². The van der Waals surface area contributed by atoms with Crippen LogP contribution in [0, 0.1) is 0 Å². The van der Waals surface area contributed by atoms with Crippen LogP contribution in [-0.4, -0.2) is 30.0 Å². The molecule has 0 spiro atoms. The molecule has 3 aromatic carbocycles. The fraction of sp³-hybridized carbons (Fsp3) is 0.233. The van der Waals surface area contributed by atoms with Gasteiger partial charge in [0.1, 0.15) is 35.5 Å². The molecule has 1 aliphatic heterocycles. The average molecular weight is 512 g/mol. The van der Waals surface area contributed by atoms with Crippen LogP contribution in [0.5, 0.6) is 17.2 Å². The number of hydrogen-bond donors (Lipinski definition) is 2. The lowest BCUT2D eigenvalue weighted by atomic mass is 10.1. The Kier molecular flexibility index (Phi) is 7.98. The third-order valence-electron chi connectivity index (χ3n) is 6.00. The number of fused-ring (bicyclic) bond motifs is 4. The molecule has 0 fully saturated rings. The van der Waals surface area contributed by atoms with Gasteiger partial charge in [-0.1, -0.05) is 42.5 Å². The van der Waals surface area contributed by atoms with Crippen LogP contribution in [0.3, 0.4) is 0 Å². The smallest absolute Gasteiger partial charge is 0.225 e. The van der Waals surface area contributed by atoms with Gasteiger partial charge in [0.05, 0.1) is 13.2 Å². The third kappa shape index (κ3) is 7.00. The van der Waals surface area contributed by atoms with Gasteiger partial charge in [-0.25, -0.2) is 4.98 Å². The molecule has 1 aromatic heterocycles. The molecule has 0 saturated heterocycles. The van der Waals surface area contributed by atoms with Crippen molar-refractivity contribution < 1.29 is 23.8 Å². The van der Waals surface area contributed by atoms with E-state index in [0.29, 0.717) is 50.0 Å². The molecule has 4 aromatic rings. The number of pyridine rings is 1. The minimum Gasteiger partial charge on any atom is -0.494 e. The van der Waals surface area contributed by atoms with Crippen molar-refractivity contribution in [3.05, 3.63) is 84.4 Å². The lowest BCUT2D eigenvalue weighted by molar-refractivity contribution is -0.117. The number of benzene rings is 3. The van der Waals surface area contributed by atoms with Crippen molar-refractivity contribution in [2.75, 3.05) is 23.8 Å². The largest absolute Gasteiger partial charge is 0.494 e. The van der Waals surface area contributed by atoms with Crippen LogP contribution in [0.1, 0.15) is 31.2 Å². The number of anilines is 2. The fourth-order valence-corrected chi connectivity index (χ4v) is 4.10. The first kappa shape index (κ1) is 25.1. The Morgan fingerprint density at radius 1 is 0.711 bits per heavy atom. The normalized spacial score (nSPS) is 14.7. The summed E-state index contributed by atoms with van der Waals surface area (Å²) in [5.74, 6) is 2.16. The fourth-order valence-electron chi connectivity index (χ4n) is 4.10. The lowest BCUT2D eigenvalue weighted by Crippen LogP contribution is -2.17. The summed E-state index contributed by atoms with van der Waals surface area (Å²) >= 11 is 0. The van der Waals surface area contributed by atoms with Gasteiger partial charge < -0.3 is 24.8 Å². The molecule has 8 heteroatoms. The molecular weight excluding hydrogens is 482 g/mol. The average Bonchev–Trinajstić information content (AvgIpc) is 2.92. The molecule has 0 unspecified atom stereocenters. The molecule has 2 N–H and O–H groups in total. The summed E-state index contributed by atoms with van der Waals surface area (Å²) in [5, 5.41) is 7.70. The zero-order valence-electron chi connectivity index (χ0n) is 20.9. The number of carbonyl (C=O) groups is 2. The SMILES string of the molecule is O=C1CCCOc2ccc3ccc(cc3c2)OCCCC(=O)Nc2cc(OCc3ccccc3)cc(n2)N1. The second-order valence-electron chi connectivity index (χ2n) is 9.02. The lowest BCUT2D eigenvalue weighted by Gasteiger charge is -2.13. The Bertz CT molecular complexity index is 1350. The molecule has 5 rings (SSSR count). The highest BCUT2D eigenvalue weighted by Crippen LogP contribution is 2.26.